The molecule has 0 bridgehead atoms. The number of carbonyl (C=O) groups excluding carboxylic acids is 1. The average Bonchev–Trinajstić information content (AvgIpc) is 3.13. The van der Waals surface area contributed by atoms with Crippen LogP contribution in [0.1, 0.15) is 45.4 Å². The number of thiophene rings is 1. The van der Waals surface area contributed by atoms with Gasteiger partial charge in [0.05, 0.1) is 10.1 Å². The van der Waals surface area contributed by atoms with Gasteiger partial charge in [-0.1, -0.05) is 43.5 Å². The van der Waals surface area contributed by atoms with E-state index in [0.29, 0.717) is 17.0 Å². The highest BCUT2D eigenvalue weighted by Gasteiger charge is 2.22. The van der Waals surface area contributed by atoms with Crippen LogP contribution in [0.4, 0.5) is 0 Å². The molecule has 3 N–H and O–H groups in total. The fourth-order valence-corrected chi connectivity index (χ4v) is 4.37. The predicted octanol–water partition coefficient (Wildman–Crippen LogP) is 3.04. The van der Waals surface area contributed by atoms with Crippen LogP contribution in [0.5, 0.6) is 0 Å². The summed E-state index contributed by atoms with van der Waals surface area (Å²) >= 11 is 2.91. The second-order valence-corrected chi connectivity index (χ2v) is 8.37. The fourth-order valence-electron chi connectivity index (χ4n) is 2.89. The average molecular weight is 366 g/mol. The van der Waals surface area contributed by atoms with E-state index >= 15 is 0 Å². The molecule has 1 saturated carbocycles. The number of rotatable bonds is 5. The van der Waals surface area contributed by atoms with Gasteiger partial charge in [-0.15, -0.1) is 21.5 Å². The van der Waals surface area contributed by atoms with Gasteiger partial charge in [-0.2, -0.15) is 0 Å². The van der Waals surface area contributed by atoms with Crippen molar-refractivity contribution in [1.29, 1.82) is 0 Å². The normalized spacial score (nSPS) is 17.4. The third-order valence-electron chi connectivity index (χ3n) is 4.26. The second kappa shape index (κ2) is 8.02. The second-order valence-electron chi connectivity index (χ2n) is 6.11. The molecule has 1 atom stereocenters. The molecule has 24 heavy (non-hydrogen) atoms. The zero-order valence-corrected chi connectivity index (χ0v) is 15.4. The van der Waals surface area contributed by atoms with Gasteiger partial charge in [0.25, 0.3) is 0 Å². The number of thioether (sulfide) groups is 1. The van der Waals surface area contributed by atoms with E-state index in [1.807, 2.05) is 24.4 Å². The largest absolute Gasteiger partial charge is 0.352 e. The number of carbonyl (C=O) groups is 1. The minimum Gasteiger partial charge on any atom is -0.352 e. The number of nitrogens with zero attached hydrogens (tertiary/aromatic N) is 3. The molecule has 1 aliphatic carbocycles. The summed E-state index contributed by atoms with van der Waals surface area (Å²) in [6.07, 6.45) is 7.12. The monoisotopic (exact) mass is 365 g/mol. The molecular formula is C16H23N5OS2. The summed E-state index contributed by atoms with van der Waals surface area (Å²) in [5.74, 6) is 6.77. The Morgan fingerprint density at radius 3 is 2.79 bits per heavy atom. The molecule has 2 heterocycles. The molecule has 2 aromatic heterocycles. The van der Waals surface area contributed by atoms with Crippen molar-refractivity contribution in [2.75, 3.05) is 5.84 Å². The zero-order valence-electron chi connectivity index (χ0n) is 13.8. The number of nitrogens with one attached hydrogen (secondary N) is 1. The predicted molar refractivity (Wildman–Crippen MR) is 98.4 cm³/mol. The summed E-state index contributed by atoms with van der Waals surface area (Å²) in [7, 11) is 0. The van der Waals surface area contributed by atoms with Crippen LogP contribution >= 0.6 is 23.1 Å². The van der Waals surface area contributed by atoms with Crippen LogP contribution in [0.2, 0.25) is 0 Å². The first kappa shape index (κ1) is 17.3. The lowest BCUT2D eigenvalue weighted by Crippen LogP contribution is -2.39. The van der Waals surface area contributed by atoms with Gasteiger partial charge in [0.1, 0.15) is 0 Å². The highest BCUT2D eigenvalue weighted by molar-refractivity contribution is 8.00. The smallest absolute Gasteiger partial charge is 0.233 e. The van der Waals surface area contributed by atoms with Crippen molar-refractivity contribution in [1.82, 2.24) is 20.2 Å². The first-order chi connectivity index (χ1) is 11.6. The molecule has 3 rings (SSSR count). The van der Waals surface area contributed by atoms with Gasteiger partial charge in [-0.3, -0.25) is 4.79 Å². The Kier molecular flexibility index (Phi) is 5.78. The van der Waals surface area contributed by atoms with E-state index in [-0.39, 0.29) is 11.2 Å². The summed E-state index contributed by atoms with van der Waals surface area (Å²) in [6.45, 7) is 1.89. The van der Waals surface area contributed by atoms with E-state index in [4.69, 9.17) is 5.84 Å². The lowest BCUT2D eigenvalue weighted by molar-refractivity contribution is -0.121. The van der Waals surface area contributed by atoms with Crippen LogP contribution in [-0.2, 0) is 4.79 Å². The van der Waals surface area contributed by atoms with E-state index in [1.54, 1.807) is 11.3 Å². The van der Waals surface area contributed by atoms with Gasteiger partial charge in [-0.05, 0) is 31.2 Å². The highest BCUT2D eigenvalue weighted by Crippen LogP contribution is 2.27. The Balaban J connectivity index is 1.60. The first-order valence-electron chi connectivity index (χ1n) is 8.36. The van der Waals surface area contributed by atoms with Gasteiger partial charge in [-0.25, -0.2) is 4.68 Å². The van der Waals surface area contributed by atoms with Crippen molar-refractivity contribution in [2.45, 2.75) is 61.9 Å². The van der Waals surface area contributed by atoms with Gasteiger partial charge >= 0.3 is 0 Å². The van der Waals surface area contributed by atoms with Crippen LogP contribution in [0.15, 0.2) is 22.7 Å². The molecule has 2 aromatic rings. The fraction of sp³-hybridized carbons (Fsp3) is 0.562. The molecule has 130 valence electrons. The minimum absolute atomic E-state index is 0.0487. The van der Waals surface area contributed by atoms with Gasteiger partial charge in [0.15, 0.2) is 5.82 Å². The molecule has 6 nitrogen and oxygen atoms in total. The molecule has 1 aliphatic rings. The zero-order chi connectivity index (χ0) is 16.9. The van der Waals surface area contributed by atoms with Crippen LogP contribution in [0.25, 0.3) is 10.7 Å². The van der Waals surface area contributed by atoms with E-state index in [2.05, 4.69) is 15.5 Å². The SMILES string of the molecule is C[C@@H](Sc1nnc(-c2cccs2)n1N)C(=O)NC1CCCCCC1. The lowest BCUT2D eigenvalue weighted by atomic mass is 10.1. The number of amides is 1. The number of hydrogen-bond acceptors (Lipinski definition) is 6. The van der Waals surface area contributed by atoms with Crippen LogP contribution in [0.3, 0.4) is 0 Å². The van der Waals surface area contributed by atoms with E-state index in [0.717, 1.165) is 17.7 Å². The topological polar surface area (TPSA) is 85.8 Å². The molecule has 8 heteroatoms. The van der Waals surface area contributed by atoms with Crippen molar-refractivity contribution in [3.05, 3.63) is 17.5 Å². The van der Waals surface area contributed by atoms with Crippen molar-refractivity contribution in [2.24, 2.45) is 0 Å². The summed E-state index contributed by atoms with van der Waals surface area (Å²) in [5, 5.41) is 13.7. The maximum Gasteiger partial charge on any atom is 0.233 e. The molecule has 0 aliphatic heterocycles. The standard InChI is InChI=1S/C16H23N5OS2/c1-11(15(22)18-12-7-4-2-3-5-8-12)24-16-20-19-14(21(16)17)13-9-6-10-23-13/h6,9-12H,2-5,7-8,17H2,1H3,(H,18,22)/t11-/m1/s1. The maximum atomic E-state index is 12.4. The molecule has 0 radical (unpaired) electrons. The van der Waals surface area contributed by atoms with Gasteiger partial charge in [0, 0.05) is 6.04 Å². The molecule has 0 unspecified atom stereocenters. The number of nitrogens with two attached hydrogens (primary N) is 1. The maximum absolute atomic E-state index is 12.4. The Morgan fingerprint density at radius 1 is 1.38 bits per heavy atom. The Hall–Kier alpha value is -1.54. The summed E-state index contributed by atoms with van der Waals surface area (Å²) < 4.78 is 1.46. The number of nitrogen functional groups attached to an aromatic ring is 1. The molecule has 0 spiro atoms. The molecule has 0 aromatic carbocycles. The van der Waals surface area contributed by atoms with Gasteiger partial charge < -0.3 is 11.2 Å². The Bertz CT molecular complexity index is 662. The summed E-state index contributed by atoms with van der Waals surface area (Å²) in [5.41, 5.74) is 0. The molecule has 1 amide bonds. The van der Waals surface area contributed by atoms with Crippen molar-refractivity contribution < 1.29 is 4.79 Å². The minimum atomic E-state index is -0.254. The van der Waals surface area contributed by atoms with Crippen molar-refractivity contribution >= 4 is 29.0 Å². The third kappa shape index (κ3) is 4.10. The summed E-state index contributed by atoms with van der Waals surface area (Å²) in [4.78, 5) is 13.4. The number of hydrogen-bond donors (Lipinski definition) is 2. The van der Waals surface area contributed by atoms with Gasteiger partial charge in [0.2, 0.25) is 11.1 Å². The first-order valence-corrected chi connectivity index (χ1v) is 10.1. The molecular weight excluding hydrogens is 342 g/mol. The Morgan fingerprint density at radius 2 is 2.12 bits per heavy atom. The lowest BCUT2D eigenvalue weighted by Gasteiger charge is -2.18. The highest BCUT2D eigenvalue weighted by atomic mass is 32.2. The summed E-state index contributed by atoms with van der Waals surface area (Å²) in [6, 6.07) is 4.21. The van der Waals surface area contributed by atoms with Crippen LogP contribution < -0.4 is 11.2 Å². The van der Waals surface area contributed by atoms with Crippen LogP contribution in [-0.4, -0.2) is 32.1 Å². The van der Waals surface area contributed by atoms with E-state index in [1.165, 1.54) is 42.1 Å². The Labute approximate surface area is 150 Å². The van der Waals surface area contributed by atoms with Crippen molar-refractivity contribution in [3.8, 4) is 10.7 Å². The quantitative estimate of drug-likeness (QED) is 0.483. The third-order valence-corrected chi connectivity index (χ3v) is 6.18. The van der Waals surface area contributed by atoms with E-state index < -0.39 is 0 Å². The van der Waals surface area contributed by atoms with Crippen molar-refractivity contribution in [3.63, 3.8) is 0 Å². The number of aromatic nitrogens is 3. The van der Waals surface area contributed by atoms with E-state index in [9.17, 15) is 4.79 Å². The molecule has 1 fully saturated rings. The molecule has 0 saturated heterocycles. The van der Waals surface area contributed by atoms with Crippen LogP contribution in [0, 0.1) is 0 Å².